The Balaban J connectivity index is 1.77. The molecular weight excluding hydrogens is 314 g/mol. The zero-order valence-corrected chi connectivity index (χ0v) is 13.4. The summed E-state index contributed by atoms with van der Waals surface area (Å²) in [5.41, 5.74) is 8.75. The first-order valence-electron chi connectivity index (χ1n) is 7.20. The van der Waals surface area contributed by atoms with Crippen LogP contribution in [0.15, 0.2) is 35.6 Å². The average molecular weight is 330 g/mol. The average Bonchev–Trinajstić information content (AvgIpc) is 2.48. The van der Waals surface area contributed by atoms with E-state index in [0.29, 0.717) is 23.8 Å². The molecule has 0 spiro atoms. The van der Waals surface area contributed by atoms with Crippen molar-refractivity contribution in [1.29, 1.82) is 0 Å². The number of aliphatic imine (C=N–C) groups is 1. The Morgan fingerprint density at radius 3 is 2.91 bits per heavy atom. The molecule has 0 bridgehead atoms. The number of hydrogen-bond donors (Lipinski definition) is 1. The van der Waals surface area contributed by atoms with Crippen LogP contribution in [0.25, 0.3) is 16.6 Å². The van der Waals surface area contributed by atoms with Gasteiger partial charge >= 0.3 is 0 Å². The van der Waals surface area contributed by atoms with Crippen LogP contribution in [0.1, 0.15) is 12.5 Å². The minimum absolute atomic E-state index is 0.0766. The monoisotopic (exact) mass is 329 g/mol. The van der Waals surface area contributed by atoms with E-state index < -0.39 is 0 Å². The maximum atomic E-state index is 11.2. The second-order valence-electron chi connectivity index (χ2n) is 5.37. The third-order valence-corrected chi connectivity index (χ3v) is 3.96. The first-order valence-corrected chi connectivity index (χ1v) is 7.58. The topological polar surface area (TPSA) is 84.5 Å². The fourth-order valence-corrected chi connectivity index (χ4v) is 2.50. The molecule has 1 aliphatic rings. The van der Waals surface area contributed by atoms with Crippen molar-refractivity contribution in [3.05, 3.63) is 41.3 Å². The summed E-state index contributed by atoms with van der Waals surface area (Å²) in [5, 5.41) is 0.419. The minimum atomic E-state index is 0.0766. The van der Waals surface area contributed by atoms with Crippen LogP contribution in [0.3, 0.4) is 0 Å². The number of carbonyl (C=O) groups excluding carboxylic acids is 1. The number of pyridine rings is 2. The molecule has 1 saturated heterocycles. The summed E-state index contributed by atoms with van der Waals surface area (Å²) in [4.78, 5) is 26.0. The first kappa shape index (κ1) is 15.4. The molecule has 0 unspecified atom stereocenters. The second kappa shape index (κ2) is 6.34. The molecule has 6 nitrogen and oxygen atoms in total. The number of aromatic nitrogens is 2. The number of rotatable bonds is 3. The number of likely N-dealkylation sites (tertiary alicyclic amines) is 1. The predicted octanol–water partition coefficient (Wildman–Crippen LogP) is 1.88. The quantitative estimate of drug-likeness (QED) is 0.688. The van der Waals surface area contributed by atoms with Gasteiger partial charge in [-0.3, -0.25) is 14.8 Å². The lowest BCUT2D eigenvalue weighted by Crippen LogP contribution is -2.51. The van der Waals surface area contributed by atoms with Crippen LogP contribution in [0, 0.1) is 0 Å². The van der Waals surface area contributed by atoms with Crippen LogP contribution in [0.5, 0.6) is 0 Å². The van der Waals surface area contributed by atoms with Gasteiger partial charge in [0.25, 0.3) is 0 Å². The summed E-state index contributed by atoms with van der Waals surface area (Å²) >= 11 is 5.92. The predicted molar refractivity (Wildman–Crippen MR) is 91.2 cm³/mol. The van der Waals surface area contributed by atoms with E-state index >= 15 is 0 Å². The number of allylic oxidation sites excluding steroid dienone is 1. The van der Waals surface area contributed by atoms with Crippen LogP contribution >= 0.6 is 11.6 Å². The van der Waals surface area contributed by atoms with E-state index in [0.717, 1.165) is 16.7 Å². The molecule has 0 aliphatic carbocycles. The van der Waals surface area contributed by atoms with E-state index in [1.54, 1.807) is 30.3 Å². The molecule has 2 N–H and O–H groups in total. The molecule has 3 rings (SSSR count). The maximum Gasteiger partial charge on any atom is 0.219 e. The largest absolute Gasteiger partial charge is 0.404 e. The summed E-state index contributed by atoms with van der Waals surface area (Å²) in [7, 11) is 0. The molecule has 0 saturated carbocycles. The normalized spacial score (nSPS) is 16.1. The number of carbonyl (C=O) groups is 1. The summed E-state index contributed by atoms with van der Waals surface area (Å²) in [6.45, 7) is 2.86. The second-order valence-corrected chi connectivity index (χ2v) is 5.76. The highest BCUT2D eigenvalue weighted by Gasteiger charge is 2.27. The molecule has 1 amide bonds. The van der Waals surface area contributed by atoms with Gasteiger partial charge in [0, 0.05) is 49.8 Å². The fourth-order valence-electron chi connectivity index (χ4n) is 2.35. The van der Waals surface area contributed by atoms with Crippen molar-refractivity contribution >= 4 is 40.3 Å². The van der Waals surface area contributed by atoms with Crippen molar-refractivity contribution in [1.82, 2.24) is 14.9 Å². The number of nitrogens with zero attached hydrogens (tertiary/aromatic N) is 4. The molecule has 23 heavy (non-hydrogen) atoms. The molecule has 2 aromatic heterocycles. The Morgan fingerprint density at radius 1 is 1.43 bits per heavy atom. The fraction of sp³-hybridized carbons (Fsp3) is 0.250. The van der Waals surface area contributed by atoms with Gasteiger partial charge < -0.3 is 10.6 Å². The summed E-state index contributed by atoms with van der Waals surface area (Å²) in [5.74, 6) is 0.0766. The zero-order valence-electron chi connectivity index (χ0n) is 12.6. The van der Waals surface area contributed by atoms with Crippen molar-refractivity contribution in [3.63, 3.8) is 0 Å². The molecule has 7 heteroatoms. The molecule has 1 aliphatic heterocycles. The molecule has 0 radical (unpaired) electrons. The number of hydrogen-bond acceptors (Lipinski definition) is 5. The van der Waals surface area contributed by atoms with Crippen molar-refractivity contribution in [2.24, 2.45) is 10.7 Å². The van der Waals surface area contributed by atoms with Crippen molar-refractivity contribution in [3.8, 4) is 0 Å². The lowest BCUT2D eigenvalue weighted by atomic mass is 10.1. The highest BCUT2D eigenvalue weighted by atomic mass is 35.5. The molecule has 1 fully saturated rings. The van der Waals surface area contributed by atoms with Crippen molar-refractivity contribution < 1.29 is 4.79 Å². The Labute approximate surface area is 138 Å². The van der Waals surface area contributed by atoms with Gasteiger partial charge in [-0.1, -0.05) is 11.6 Å². The Morgan fingerprint density at radius 2 is 2.22 bits per heavy atom. The molecule has 118 valence electrons. The number of halogens is 1. The van der Waals surface area contributed by atoms with Gasteiger partial charge in [0.05, 0.1) is 17.1 Å². The number of amides is 1. The molecule has 0 aromatic carbocycles. The Hall–Kier alpha value is -2.47. The first-order chi connectivity index (χ1) is 11.1. The van der Waals surface area contributed by atoms with Gasteiger partial charge in [-0.15, -0.1) is 0 Å². The molecule has 2 aromatic rings. The van der Waals surface area contributed by atoms with Gasteiger partial charge in [-0.2, -0.15) is 0 Å². The van der Waals surface area contributed by atoms with Gasteiger partial charge in [0.15, 0.2) is 0 Å². The van der Waals surface area contributed by atoms with E-state index in [1.165, 1.54) is 6.20 Å². The van der Waals surface area contributed by atoms with E-state index in [2.05, 4.69) is 15.0 Å². The molecule has 0 atom stereocenters. The maximum absolute atomic E-state index is 11.2. The Bertz CT molecular complexity index is 811. The van der Waals surface area contributed by atoms with Crippen molar-refractivity contribution in [2.75, 3.05) is 13.1 Å². The van der Waals surface area contributed by atoms with E-state index in [9.17, 15) is 4.79 Å². The summed E-state index contributed by atoms with van der Waals surface area (Å²) < 4.78 is 0. The van der Waals surface area contributed by atoms with Gasteiger partial charge in [-0.05, 0) is 18.2 Å². The van der Waals surface area contributed by atoms with Crippen LogP contribution in [0.4, 0.5) is 0 Å². The van der Waals surface area contributed by atoms with Crippen LogP contribution in [-0.2, 0) is 4.79 Å². The molecular formula is C16H16ClN5O. The number of nitrogens with two attached hydrogens (primary N) is 1. The SMILES string of the molecule is CC(=O)N1CC(N=CC(=CN)c2cnc3ccc(Cl)nc3c2)C1. The third kappa shape index (κ3) is 3.32. The van der Waals surface area contributed by atoms with Gasteiger partial charge in [0.2, 0.25) is 5.91 Å². The molecule has 3 heterocycles. The smallest absolute Gasteiger partial charge is 0.219 e. The lowest BCUT2D eigenvalue weighted by molar-refractivity contribution is -0.132. The van der Waals surface area contributed by atoms with Crippen LogP contribution in [0.2, 0.25) is 5.15 Å². The van der Waals surface area contributed by atoms with E-state index in [1.807, 2.05) is 12.1 Å². The minimum Gasteiger partial charge on any atom is -0.404 e. The van der Waals surface area contributed by atoms with Crippen LogP contribution in [-0.4, -0.2) is 46.1 Å². The highest BCUT2D eigenvalue weighted by molar-refractivity contribution is 6.29. The zero-order chi connectivity index (χ0) is 16.4. The third-order valence-electron chi connectivity index (χ3n) is 3.75. The highest BCUT2D eigenvalue weighted by Crippen LogP contribution is 2.19. The van der Waals surface area contributed by atoms with E-state index in [4.69, 9.17) is 17.3 Å². The number of fused-ring (bicyclic) bond motifs is 1. The van der Waals surface area contributed by atoms with Crippen LogP contribution < -0.4 is 5.73 Å². The van der Waals surface area contributed by atoms with E-state index in [-0.39, 0.29) is 11.9 Å². The van der Waals surface area contributed by atoms with Gasteiger partial charge in [0.1, 0.15) is 5.15 Å². The standard InChI is InChI=1S/C16H16ClN5O/c1-10(23)22-8-13(9-22)19-7-12(5-18)11-4-15-14(20-6-11)2-3-16(17)21-15/h2-7,13H,8-9,18H2,1H3. The van der Waals surface area contributed by atoms with Crippen molar-refractivity contribution in [2.45, 2.75) is 13.0 Å². The summed E-state index contributed by atoms with van der Waals surface area (Å²) in [6, 6.07) is 5.52. The summed E-state index contributed by atoms with van der Waals surface area (Å²) in [6.07, 6.45) is 4.93. The van der Waals surface area contributed by atoms with Gasteiger partial charge in [-0.25, -0.2) is 4.98 Å². The Kier molecular flexibility index (Phi) is 4.25. The lowest BCUT2D eigenvalue weighted by Gasteiger charge is -2.36.